The topological polar surface area (TPSA) is 75.9 Å². The summed E-state index contributed by atoms with van der Waals surface area (Å²) >= 11 is 0. The van der Waals surface area contributed by atoms with Crippen LogP contribution in [0.15, 0.2) is 54.6 Å². The molecule has 0 aliphatic carbocycles. The normalized spacial score (nSPS) is 17.3. The summed E-state index contributed by atoms with van der Waals surface area (Å²) in [5, 5.41) is 0. The lowest BCUT2D eigenvalue weighted by Gasteiger charge is -2.40. The predicted octanol–water partition coefficient (Wildman–Crippen LogP) is 1.83. The minimum Gasteiger partial charge on any atom is -0.496 e. The van der Waals surface area contributed by atoms with Crippen LogP contribution < -0.4 is 10.5 Å². The minimum absolute atomic E-state index is 0.0384. The van der Waals surface area contributed by atoms with Crippen LogP contribution in [0.5, 0.6) is 5.75 Å². The second kappa shape index (κ2) is 9.37. The number of amides is 2. The van der Waals surface area contributed by atoms with Gasteiger partial charge in [-0.05, 0) is 23.6 Å². The Bertz CT molecular complexity index is 810. The van der Waals surface area contributed by atoms with Gasteiger partial charge in [-0.15, -0.1) is 0 Å². The molecule has 3 rings (SSSR count). The number of ether oxygens (including phenoxy) is 1. The Kier molecular flexibility index (Phi) is 6.66. The number of piperazine rings is 1. The average molecular weight is 381 g/mol. The Morgan fingerprint density at radius 2 is 1.79 bits per heavy atom. The molecule has 0 bridgehead atoms. The third-order valence-corrected chi connectivity index (χ3v) is 5.20. The van der Waals surface area contributed by atoms with Crippen molar-refractivity contribution in [3.05, 3.63) is 65.7 Å². The molecule has 0 aromatic heterocycles. The van der Waals surface area contributed by atoms with Crippen LogP contribution in [0.1, 0.15) is 17.5 Å². The van der Waals surface area contributed by atoms with Gasteiger partial charge >= 0.3 is 0 Å². The van der Waals surface area contributed by atoms with Crippen LogP contribution in [-0.4, -0.2) is 54.4 Å². The molecule has 6 heteroatoms. The smallest absolute Gasteiger partial charge is 0.236 e. The molecular weight excluding hydrogens is 354 g/mol. The number of carbonyl (C=O) groups excluding carboxylic acids is 2. The Morgan fingerprint density at radius 3 is 2.50 bits per heavy atom. The number of nitrogens with two attached hydrogens (primary N) is 1. The Hall–Kier alpha value is -2.86. The van der Waals surface area contributed by atoms with Crippen molar-refractivity contribution in [2.24, 2.45) is 5.73 Å². The number of hydrogen-bond acceptors (Lipinski definition) is 4. The lowest BCUT2D eigenvalue weighted by Crippen LogP contribution is -2.58. The molecule has 2 N–H and O–H groups in total. The van der Waals surface area contributed by atoms with Crippen molar-refractivity contribution in [2.45, 2.75) is 25.4 Å². The van der Waals surface area contributed by atoms with Gasteiger partial charge in [0, 0.05) is 32.6 Å². The van der Waals surface area contributed by atoms with Crippen molar-refractivity contribution < 1.29 is 14.3 Å². The van der Waals surface area contributed by atoms with Crippen molar-refractivity contribution in [2.75, 3.05) is 26.7 Å². The molecule has 2 amide bonds. The first-order valence-corrected chi connectivity index (χ1v) is 9.55. The SMILES string of the molecule is COc1ccccc1CCC(=O)N1CCN(Cc2ccccc2)C(C(N)=O)C1. The van der Waals surface area contributed by atoms with Gasteiger partial charge in [-0.1, -0.05) is 48.5 Å². The van der Waals surface area contributed by atoms with Gasteiger partial charge in [0.2, 0.25) is 11.8 Å². The predicted molar refractivity (Wildman–Crippen MR) is 108 cm³/mol. The van der Waals surface area contributed by atoms with Crippen LogP contribution in [0.4, 0.5) is 0 Å². The maximum absolute atomic E-state index is 12.7. The van der Waals surface area contributed by atoms with Crippen molar-refractivity contribution in [3.63, 3.8) is 0 Å². The van der Waals surface area contributed by atoms with Crippen LogP contribution in [0.2, 0.25) is 0 Å². The number of methoxy groups -OCH3 is 1. The molecule has 1 aliphatic rings. The number of carbonyl (C=O) groups is 2. The average Bonchev–Trinajstić information content (AvgIpc) is 2.73. The summed E-state index contributed by atoms with van der Waals surface area (Å²) in [5.41, 5.74) is 7.78. The molecule has 1 unspecified atom stereocenters. The molecule has 2 aromatic rings. The molecule has 0 radical (unpaired) electrons. The molecule has 0 spiro atoms. The van der Waals surface area contributed by atoms with Gasteiger partial charge in [-0.2, -0.15) is 0 Å². The molecule has 1 fully saturated rings. The van der Waals surface area contributed by atoms with E-state index >= 15 is 0 Å². The van der Waals surface area contributed by atoms with Gasteiger partial charge in [0.05, 0.1) is 7.11 Å². The summed E-state index contributed by atoms with van der Waals surface area (Å²) in [6.45, 7) is 2.22. The number of aryl methyl sites for hydroxylation is 1. The fourth-order valence-electron chi connectivity index (χ4n) is 3.63. The molecule has 28 heavy (non-hydrogen) atoms. The number of rotatable bonds is 7. The molecule has 1 saturated heterocycles. The molecule has 148 valence electrons. The first kappa shape index (κ1) is 19.9. The fourth-order valence-corrected chi connectivity index (χ4v) is 3.63. The van der Waals surface area contributed by atoms with E-state index in [0.717, 1.165) is 16.9 Å². The molecular formula is C22H27N3O3. The first-order chi connectivity index (χ1) is 13.6. The van der Waals surface area contributed by atoms with Gasteiger partial charge < -0.3 is 15.4 Å². The van der Waals surface area contributed by atoms with E-state index in [2.05, 4.69) is 4.90 Å². The quantitative estimate of drug-likeness (QED) is 0.794. The third-order valence-electron chi connectivity index (χ3n) is 5.20. The van der Waals surface area contributed by atoms with Crippen molar-refractivity contribution in [1.29, 1.82) is 0 Å². The largest absolute Gasteiger partial charge is 0.496 e. The van der Waals surface area contributed by atoms with E-state index in [9.17, 15) is 9.59 Å². The van der Waals surface area contributed by atoms with Gasteiger partial charge in [0.25, 0.3) is 0 Å². The zero-order valence-corrected chi connectivity index (χ0v) is 16.2. The number of nitrogens with zero attached hydrogens (tertiary/aromatic N) is 2. The van der Waals surface area contributed by atoms with Crippen molar-refractivity contribution in [1.82, 2.24) is 9.80 Å². The number of para-hydroxylation sites is 1. The maximum Gasteiger partial charge on any atom is 0.236 e. The van der Waals surface area contributed by atoms with E-state index in [-0.39, 0.29) is 5.91 Å². The Balaban J connectivity index is 1.60. The van der Waals surface area contributed by atoms with Gasteiger partial charge in [-0.25, -0.2) is 0 Å². The van der Waals surface area contributed by atoms with Crippen LogP contribution in [0.25, 0.3) is 0 Å². The molecule has 1 aliphatic heterocycles. The Labute approximate surface area is 165 Å². The summed E-state index contributed by atoms with van der Waals surface area (Å²) in [6, 6.07) is 17.2. The maximum atomic E-state index is 12.7. The van der Waals surface area contributed by atoms with E-state index in [4.69, 9.17) is 10.5 Å². The zero-order chi connectivity index (χ0) is 19.9. The van der Waals surface area contributed by atoms with Crippen molar-refractivity contribution >= 4 is 11.8 Å². The summed E-state index contributed by atoms with van der Waals surface area (Å²) in [7, 11) is 1.63. The molecule has 6 nitrogen and oxygen atoms in total. The third kappa shape index (κ3) is 4.89. The monoisotopic (exact) mass is 381 g/mol. The number of primary amides is 1. The lowest BCUT2D eigenvalue weighted by atomic mass is 10.1. The van der Waals surface area contributed by atoms with E-state index in [1.807, 2.05) is 54.6 Å². The van der Waals surface area contributed by atoms with E-state index in [1.54, 1.807) is 12.0 Å². The zero-order valence-electron chi connectivity index (χ0n) is 16.2. The minimum atomic E-state index is -0.468. The lowest BCUT2D eigenvalue weighted by molar-refractivity contribution is -0.137. The molecule has 0 saturated carbocycles. The standard InChI is InChI=1S/C22H27N3O3/c1-28-20-10-6-5-9-18(20)11-12-21(26)25-14-13-24(19(16-25)22(23)27)15-17-7-3-2-4-8-17/h2-10,19H,11-16H2,1H3,(H2,23,27). The highest BCUT2D eigenvalue weighted by Gasteiger charge is 2.32. The van der Waals surface area contributed by atoms with E-state index < -0.39 is 11.9 Å². The molecule has 2 aromatic carbocycles. The summed E-state index contributed by atoms with van der Waals surface area (Å²) < 4.78 is 5.35. The second-order valence-electron chi connectivity index (χ2n) is 7.03. The van der Waals surface area contributed by atoms with Crippen LogP contribution >= 0.6 is 0 Å². The number of benzene rings is 2. The van der Waals surface area contributed by atoms with E-state index in [0.29, 0.717) is 39.0 Å². The van der Waals surface area contributed by atoms with Gasteiger partial charge in [-0.3, -0.25) is 14.5 Å². The highest BCUT2D eigenvalue weighted by atomic mass is 16.5. The molecule has 1 heterocycles. The highest BCUT2D eigenvalue weighted by Crippen LogP contribution is 2.20. The van der Waals surface area contributed by atoms with Crippen LogP contribution in [0, 0.1) is 0 Å². The molecule has 1 atom stereocenters. The van der Waals surface area contributed by atoms with Crippen LogP contribution in [-0.2, 0) is 22.6 Å². The number of hydrogen-bond donors (Lipinski definition) is 1. The van der Waals surface area contributed by atoms with E-state index in [1.165, 1.54) is 0 Å². The van der Waals surface area contributed by atoms with Gasteiger partial charge in [0.1, 0.15) is 11.8 Å². The van der Waals surface area contributed by atoms with Gasteiger partial charge in [0.15, 0.2) is 0 Å². The summed E-state index contributed by atoms with van der Waals surface area (Å²) in [5.74, 6) is 0.438. The first-order valence-electron chi connectivity index (χ1n) is 9.55. The highest BCUT2D eigenvalue weighted by molar-refractivity contribution is 5.82. The Morgan fingerprint density at radius 1 is 1.07 bits per heavy atom. The summed E-state index contributed by atoms with van der Waals surface area (Å²) in [6.07, 6.45) is 0.985. The van der Waals surface area contributed by atoms with Crippen molar-refractivity contribution in [3.8, 4) is 5.75 Å². The fraction of sp³-hybridized carbons (Fsp3) is 0.364. The van der Waals surface area contributed by atoms with Crippen LogP contribution in [0.3, 0.4) is 0 Å². The second-order valence-corrected chi connectivity index (χ2v) is 7.03. The summed E-state index contributed by atoms with van der Waals surface area (Å²) in [4.78, 5) is 28.5.